The number of nitrogens with one attached hydrogen (secondary N) is 2. The number of carboxylic acid groups (broad SMARTS) is 1. The lowest BCUT2D eigenvalue weighted by Gasteiger charge is -2.13. The predicted molar refractivity (Wildman–Crippen MR) is 72.3 cm³/mol. The zero-order valence-electron chi connectivity index (χ0n) is 10.7. The van der Waals surface area contributed by atoms with Crippen molar-refractivity contribution in [2.24, 2.45) is 0 Å². The molecule has 1 aromatic rings. The molecule has 0 aliphatic heterocycles. The number of hydrogen-bond donors (Lipinski definition) is 3. The van der Waals surface area contributed by atoms with Crippen LogP contribution < -0.4 is 10.6 Å². The highest BCUT2D eigenvalue weighted by molar-refractivity contribution is 7.10. The van der Waals surface area contributed by atoms with E-state index in [-0.39, 0.29) is 0 Å². The Kier molecular flexibility index (Phi) is 6.91. The van der Waals surface area contributed by atoms with Crippen molar-refractivity contribution in [1.82, 2.24) is 10.6 Å². The molecule has 1 rings (SSSR count). The number of thiophene rings is 1. The Hall–Kier alpha value is -1.60. The minimum Gasteiger partial charge on any atom is -0.479 e. The lowest BCUT2D eigenvalue weighted by molar-refractivity contribution is -0.139. The van der Waals surface area contributed by atoms with Gasteiger partial charge in [-0.2, -0.15) is 0 Å². The van der Waals surface area contributed by atoms with E-state index >= 15 is 0 Å². The zero-order chi connectivity index (χ0) is 14.1. The van der Waals surface area contributed by atoms with E-state index in [9.17, 15) is 9.59 Å². The average molecular weight is 286 g/mol. The summed E-state index contributed by atoms with van der Waals surface area (Å²) in [6.07, 6.45) is 0.692. The topological polar surface area (TPSA) is 87.7 Å². The van der Waals surface area contributed by atoms with Crippen molar-refractivity contribution in [2.45, 2.75) is 19.4 Å². The smallest absolute Gasteiger partial charge is 0.331 e. The number of rotatable bonds is 8. The van der Waals surface area contributed by atoms with Crippen LogP contribution in [0, 0.1) is 0 Å². The van der Waals surface area contributed by atoms with Crippen molar-refractivity contribution < 1.29 is 19.4 Å². The second kappa shape index (κ2) is 8.49. The van der Waals surface area contributed by atoms with E-state index < -0.39 is 18.0 Å². The molecule has 0 fully saturated rings. The first-order valence-corrected chi connectivity index (χ1v) is 6.91. The van der Waals surface area contributed by atoms with Crippen LogP contribution in [0.4, 0.5) is 4.79 Å². The van der Waals surface area contributed by atoms with Gasteiger partial charge in [-0.1, -0.05) is 6.07 Å². The minimum absolute atomic E-state index is 0.447. The fourth-order valence-corrected chi connectivity index (χ4v) is 2.18. The Bertz CT molecular complexity index is 394. The summed E-state index contributed by atoms with van der Waals surface area (Å²) in [6.45, 7) is 3.57. The predicted octanol–water partition coefficient (Wildman–Crippen LogP) is 1.60. The van der Waals surface area contributed by atoms with Gasteiger partial charge in [-0.05, 0) is 24.8 Å². The lowest BCUT2D eigenvalue weighted by atomic mass is 10.2. The second-order valence-electron chi connectivity index (χ2n) is 3.74. The maximum Gasteiger partial charge on any atom is 0.331 e. The van der Waals surface area contributed by atoms with Gasteiger partial charge in [0.05, 0.1) is 0 Å². The summed E-state index contributed by atoms with van der Waals surface area (Å²) in [5.74, 6) is -1.08. The zero-order valence-corrected chi connectivity index (χ0v) is 11.5. The van der Waals surface area contributed by atoms with Gasteiger partial charge >= 0.3 is 12.0 Å². The molecule has 0 aliphatic carbocycles. The maximum absolute atomic E-state index is 11.6. The molecule has 2 amide bonds. The molecule has 0 saturated carbocycles. The molecular weight excluding hydrogens is 268 g/mol. The third kappa shape index (κ3) is 5.71. The van der Waals surface area contributed by atoms with Gasteiger partial charge in [0.1, 0.15) is 0 Å². The molecule has 6 nitrogen and oxygen atoms in total. The molecule has 0 spiro atoms. The monoisotopic (exact) mass is 286 g/mol. The number of carbonyl (C=O) groups is 2. The number of carboxylic acids is 1. The Balaban J connectivity index is 2.34. The quantitative estimate of drug-likeness (QED) is 0.633. The van der Waals surface area contributed by atoms with Crippen LogP contribution in [0.1, 0.15) is 24.3 Å². The summed E-state index contributed by atoms with van der Waals surface area (Å²) >= 11 is 1.29. The average Bonchev–Trinajstić information content (AvgIpc) is 2.89. The van der Waals surface area contributed by atoms with Gasteiger partial charge in [-0.25, -0.2) is 9.59 Å². The molecule has 0 saturated heterocycles. The normalized spacial score (nSPS) is 11.8. The fourth-order valence-electron chi connectivity index (χ4n) is 1.41. The van der Waals surface area contributed by atoms with Crippen molar-refractivity contribution in [3.63, 3.8) is 0 Å². The summed E-state index contributed by atoms with van der Waals surface area (Å²) in [5.41, 5.74) is 0. The van der Waals surface area contributed by atoms with Crippen LogP contribution in [0.3, 0.4) is 0 Å². The molecule has 3 N–H and O–H groups in total. The van der Waals surface area contributed by atoms with Crippen LogP contribution in [0.2, 0.25) is 0 Å². The molecule has 0 aliphatic rings. The van der Waals surface area contributed by atoms with Gasteiger partial charge in [-0.15, -0.1) is 11.3 Å². The molecule has 1 atom stereocenters. The van der Waals surface area contributed by atoms with E-state index in [1.807, 2.05) is 6.92 Å². The highest BCUT2D eigenvalue weighted by Gasteiger charge is 2.22. The summed E-state index contributed by atoms with van der Waals surface area (Å²) in [6, 6.07) is 1.93. The molecule has 0 radical (unpaired) electrons. The van der Waals surface area contributed by atoms with Gasteiger partial charge in [0.15, 0.2) is 6.04 Å². The van der Waals surface area contributed by atoms with E-state index in [1.54, 1.807) is 17.5 Å². The van der Waals surface area contributed by atoms with Crippen LogP contribution in [0.15, 0.2) is 17.5 Å². The van der Waals surface area contributed by atoms with Gasteiger partial charge in [0.25, 0.3) is 0 Å². The number of ether oxygens (including phenoxy) is 1. The van der Waals surface area contributed by atoms with E-state index in [0.717, 1.165) is 0 Å². The van der Waals surface area contributed by atoms with Crippen molar-refractivity contribution in [3.05, 3.63) is 22.4 Å². The van der Waals surface area contributed by atoms with Crippen LogP contribution in [0.25, 0.3) is 0 Å². The van der Waals surface area contributed by atoms with Crippen molar-refractivity contribution >= 4 is 23.3 Å². The van der Waals surface area contributed by atoms with Gasteiger partial charge < -0.3 is 20.5 Å². The van der Waals surface area contributed by atoms with Crippen LogP contribution in [0.5, 0.6) is 0 Å². The van der Waals surface area contributed by atoms with Crippen molar-refractivity contribution in [3.8, 4) is 0 Å². The van der Waals surface area contributed by atoms with Crippen molar-refractivity contribution in [1.29, 1.82) is 0 Å². The largest absolute Gasteiger partial charge is 0.479 e. The standard InChI is InChI=1S/C12H18N2O4S/c1-2-18-7-4-6-13-12(17)14-10(11(15)16)9-5-3-8-19-9/h3,5,8,10H,2,4,6-7H2,1H3,(H,15,16)(H2,13,14,17). The lowest BCUT2D eigenvalue weighted by Crippen LogP contribution is -2.41. The Morgan fingerprint density at radius 2 is 2.32 bits per heavy atom. The number of carbonyl (C=O) groups excluding carboxylic acids is 1. The highest BCUT2D eigenvalue weighted by atomic mass is 32.1. The van der Waals surface area contributed by atoms with Crippen LogP contribution in [-0.2, 0) is 9.53 Å². The third-order valence-electron chi connectivity index (χ3n) is 2.31. The van der Waals surface area contributed by atoms with E-state index in [0.29, 0.717) is 31.1 Å². The molecule has 7 heteroatoms. The summed E-state index contributed by atoms with van der Waals surface area (Å²) in [5, 5.41) is 15.9. The van der Waals surface area contributed by atoms with Crippen LogP contribution in [-0.4, -0.2) is 36.9 Å². The molecule has 0 bridgehead atoms. The minimum atomic E-state index is -1.08. The van der Waals surface area contributed by atoms with Crippen LogP contribution >= 0.6 is 11.3 Å². The third-order valence-corrected chi connectivity index (χ3v) is 3.24. The van der Waals surface area contributed by atoms with E-state index in [4.69, 9.17) is 9.84 Å². The Morgan fingerprint density at radius 3 is 2.89 bits per heavy atom. The Morgan fingerprint density at radius 1 is 1.53 bits per heavy atom. The van der Waals surface area contributed by atoms with Crippen molar-refractivity contribution in [2.75, 3.05) is 19.8 Å². The van der Waals surface area contributed by atoms with Gasteiger partial charge in [-0.3, -0.25) is 0 Å². The second-order valence-corrected chi connectivity index (χ2v) is 4.72. The highest BCUT2D eigenvalue weighted by Crippen LogP contribution is 2.18. The molecule has 19 heavy (non-hydrogen) atoms. The molecule has 106 valence electrons. The first-order chi connectivity index (χ1) is 9.15. The summed E-state index contributed by atoms with van der Waals surface area (Å²) in [7, 11) is 0. The first-order valence-electron chi connectivity index (χ1n) is 6.03. The van der Waals surface area contributed by atoms with E-state index in [2.05, 4.69) is 10.6 Å². The summed E-state index contributed by atoms with van der Waals surface area (Å²) in [4.78, 5) is 23.3. The number of hydrogen-bond acceptors (Lipinski definition) is 4. The summed E-state index contributed by atoms with van der Waals surface area (Å²) < 4.78 is 5.13. The molecule has 1 aromatic heterocycles. The SMILES string of the molecule is CCOCCCNC(=O)NC(C(=O)O)c1cccs1. The fraction of sp³-hybridized carbons (Fsp3) is 0.500. The molecule has 0 aromatic carbocycles. The number of urea groups is 1. The molecular formula is C12H18N2O4S. The van der Waals surface area contributed by atoms with Gasteiger partial charge in [0.2, 0.25) is 0 Å². The maximum atomic E-state index is 11.6. The van der Waals surface area contributed by atoms with Gasteiger partial charge in [0, 0.05) is 24.6 Å². The first kappa shape index (κ1) is 15.5. The number of amides is 2. The Labute approximate surface area is 115 Å². The molecule has 1 heterocycles. The molecule has 1 unspecified atom stereocenters. The number of aliphatic carboxylic acids is 1. The van der Waals surface area contributed by atoms with E-state index in [1.165, 1.54) is 11.3 Å².